The minimum atomic E-state index is -0.741. The number of morpholine rings is 1. The van der Waals surface area contributed by atoms with Crippen LogP contribution in [0.15, 0.2) is 42.5 Å². The minimum Gasteiger partial charge on any atom is -0.481 e. The fourth-order valence-electron chi connectivity index (χ4n) is 2.85. The highest BCUT2D eigenvalue weighted by atomic mass is 35.5. The topological polar surface area (TPSA) is 79.9 Å². The van der Waals surface area contributed by atoms with Crippen LogP contribution < -0.4 is 15.4 Å². The molecule has 1 aliphatic heterocycles. The Hall–Kier alpha value is -2.32. The Morgan fingerprint density at radius 1 is 1.03 bits per heavy atom. The third-order valence-electron chi connectivity index (χ3n) is 4.48. The largest absolute Gasteiger partial charge is 0.481 e. The lowest BCUT2D eigenvalue weighted by atomic mass is 10.2. The van der Waals surface area contributed by atoms with Crippen molar-refractivity contribution in [2.24, 2.45) is 0 Å². The van der Waals surface area contributed by atoms with Gasteiger partial charge >= 0.3 is 0 Å². The lowest BCUT2D eigenvalue weighted by molar-refractivity contribution is -0.122. The first-order valence-electron chi connectivity index (χ1n) is 9.53. The van der Waals surface area contributed by atoms with Crippen molar-refractivity contribution >= 4 is 46.4 Å². The number of hydrogen-bond acceptors (Lipinski definition) is 5. The molecule has 1 heterocycles. The number of carbonyl (C=O) groups excluding carboxylic acids is 2. The minimum absolute atomic E-state index is 0.0858. The van der Waals surface area contributed by atoms with Crippen molar-refractivity contribution in [1.82, 2.24) is 4.90 Å². The number of hydrogen-bond donors (Lipinski definition) is 2. The first kappa shape index (κ1) is 22.4. The number of amides is 2. The molecule has 1 atom stereocenters. The van der Waals surface area contributed by atoms with Gasteiger partial charge in [-0.05, 0) is 43.3 Å². The highest BCUT2D eigenvalue weighted by Gasteiger charge is 2.16. The summed E-state index contributed by atoms with van der Waals surface area (Å²) in [5, 5.41) is 6.40. The standard InChI is InChI=1S/C21H23Cl2N3O4/c1-14(30-17-6-7-18(22)19(23)12-17)21(28)25-16-4-2-15(3-5-16)24-20(27)13-26-8-10-29-11-9-26/h2-7,12,14H,8-11,13H2,1H3,(H,24,27)(H,25,28). The lowest BCUT2D eigenvalue weighted by Crippen LogP contribution is -2.41. The van der Waals surface area contributed by atoms with Crippen LogP contribution in [0.25, 0.3) is 0 Å². The van der Waals surface area contributed by atoms with Gasteiger partial charge in [-0.1, -0.05) is 23.2 Å². The summed E-state index contributed by atoms with van der Waals surface area (Å²) in [6.45, 7) is 4.76. The van der Waals surface area contributed by atoms with E-state index in [-0.39, 0.29) is 11.8 Å². The van der Waals surface area contributed by atoms with Crippen molar-refractivity contribution in [3.05, 3.63) is 52.5 Å². The zero-order valence-corrected chi connectivity index (χ0v) is 18.0. The van der Waals surface area contributed by atoms with E-state index in [0.29, 0.717) is 46.9 Å². The molecule has 0 saturated carbocycles. The van der Waals surface area contributed by atoms with Crippen LogP contribution in [-0.2, 0) is 14.3 Å². The zero-order valence-electron chi connectivity index (χ0n) is 16.5. The predicted octanol–water partition coefficient (Wildman–Crippen LogP) is 3.67. The Morgan fingerprint density at radius 3 is 2.30 bits per heavy atom. The summed E-state index contributed by atoms with van der Waals surface area (Å²) in [6, 6.07) is 11.7. The maximum atomic E-state index is 12.4. The van der Waals surface area contributed by atoms with Gasteiger partial charge < -0.3 is 20.1 Å². The normalized spacial score (nSPS) is 15.3. The average Bonchev–Trinajstić information content (AvgIpc) is 2.73. The number of benzene rings is 2. The van der Waals surface area contributed by atoms with E-state index >= 15 is 0 Å². The molecule has 0 aliphatic carbocycles. The lowest BCUT2D eigenvalue weighted by Gasteiger charge is -2.25. The number of halogens is 2. The average molecular weight is 452 g/mol. The Kier molecular flexibility index (Phi) is 7.93. The summed E-state index contributed by atoms with van der Waals surface area (Å²) in [4.78, 5) is 26.6. The molecule has 0 bridgehead atoms. The molecular weight excluding hydrogens is 429 g/mol. The molecule has 7 nitrogen and oxygen atoms in total. The van der Waals surface area contributed by atoms with Crippen molar-refractivity contribution < 1.29 is 19.1 Å². The monoisotopic (exact) mass is 451 g/mol. The van der Waals surface area contributed by atoms with Gasteiger partial charge in [-0.2, -0.15) is 0 Å². The van der Waals surface area contributed by atoms with Gasteiger partial charge in [0.2, 0.25) is 5.91 Å². The van der Waals surface area contributed by atoms with Gasteiger partial charge in [0, 0.05) is 30.5 Å². The number of carbonyl (C=O) groups is 2. The molecule has 2 amide bonds. The fraction of sp³-hybridized carbons (Fsp3) is 0.333. The van der Waals surface area contributed by atoms with Gasteiger partial charge in [-0.3, -0.25) is 14.5 Å². The number of anilines is 2. The van der Waals surface area contributed by atoms with Crippen LogP contribution in [0.3, 0.4) is 0 Å². The second-order valence-electron chi connectivity index (χ2n) is 6.84. The Morgan fingerprint density at radius 2 is 1.67 bits per heavy atom. The first-order chi connectivity index (χ1) is 14.4. The highest BCUT2D eigenvalue weighted by Crippen LogP contribution is 2.27. The van der Waals surface area contributed by atoms with Gasteiger partial charge in [0.1, 0.15) is 5.75 Å². The Bertz CT molecular complexity index is 886. The van der Waals surface area contributed by atoms with Gasteiger partial charge in [0.25, 0.3) is 5.91 Å². The van der Waals surface area contributed by atoms with Crippen LogP contribution in [0, 0.1) is 0 Å². The SMILES string of the molecule is CC(Oc1ccc(Cl)c(Cl)c1)C(=O)Nc1ccc(NC(=O)CN2CCOCC2)cc1. The van der Waals surface area contributed by atoms with E-state index in [9.17, 15) is 9.59 Å². The van der Waals surface area contributed by atoms with Crippen molar-refractivity contribution in [3.63, 3.8) is 0 Å². The molecule has 30 heavy (non-hydrogen) atoms. The Balaban J connectivity index is 1.48. The van der Waals surface area contributed by atoms with Gasteiger partial charge in [0.15, 0.2) is 6.10 Å². The molecule has 2 aromatic rings. The van der Waals surface area contributed by atoms with E-state index in [1.165, 1.54) is 0 Å². The summed E-state index contributed by atoms with van der Waals surface area (Å²) in [6.07, 6.45) is -0.741. The maximum Gasteiger partial charge on any atom is 0.265 e. The van der Waals surface area contributed by atoms with E-state index in [1.54, 1.807) is 49.4 Å². The summed E-state index contributed by atoms with van der Waals surface area (Å²) < 4.78 is 10.9. The molecule has 1 fully saturated rings. The van der Waals surface area contributed by atoms with Crippen molar-refractivity contribution in [1.29, 1.82) is 0 Å². The quantitative estimate of drug-likeness (QED) is 0.670. The van der Waals surface area contributed by atoms with Crippen LogP contribution in [0.1, 0.15) is 6.92 Å². The third kappa shape index (κ3) is 6.60. The number of ether oxygens (including phenoxy) is 2. The molecule has 2 aromatic carbocycles. The molecule has 1 aliphatic rings. The van der Waals surface area contributed by atoms with Crippen molar-refractivity contribution in [2.45, 2.75) is 13.0 Å². The van der Waals surface area contributed by atoms with Gasteiger partial charge in [0.05, 0.1) is 29.8 Å². The van der Waals surface area contributed by atoms with Gasteiger partial charge in [-0.15, -0.1) is 0 Å². The molecule has 1 saturated heterocycles. The van der Waals surface area contributed by atoms with Crippen molar-refractivity contribution in [3.8, 4) is 5.75 Å². The molecule has 0 radical (unpaired) electrons. The highest BCUT2D eigenvalue weighted by molar-refractivity contribution is 6.42. The van der Waals surface area contributed by atoms with Crippen LogP contribution in [0.2, 0.25) is 10.0 Å². The summed E-state index contributed by atoms with van der Waals surface area (Å²) in [5.41, 5.74) is 1.25. The Labute approximate surface area is 185 Å². The van der Waals surface area contributed by atoms with Crippen LogP contribution >= 0.6 is 23.2 Å². The van der Waals surface area contributed by atoms with Crippen LogP contribution in [0.4, 0.5) is 11.4 Å². The summed E-state index contributed by atoms with van der Waals surface area (Å²) in [5.74, 6) is 0.0490. The summed E-state index contributed by atoms with van der Waals surface area (Å²) >= 11 is 11.8. The molecule has 3 rings (SSSR count). The van der Waals surface area contributed by atoms with E-state index in [2.05, 4.69) is 10.6 Å². The molecule has 0 spiro atoms. The number of nitrogens with zero attached hydrogens (tertiary/aromatic N) is 1. The number of rotatable bonds is 7. The van der Waals surface area contributed by atoms with E-state index < -0.39 is 6.10 Å². The predicted molar refractivity (Wildman–Crippen MR) is 118 cm³/mol. The second-order valence-corrected chi connectivity index (χ2v) is 7.65. The summed E-state index contributed by atoms with van der Waals surface area (Å²) in [7, 11) is 0. The fourth-order valence-corrected chi connectivity index (χ4v) is 3.14. The zero-order chi connectivity index (χ0) is 21.5. The van der Waals surface area contributed by atoms with Crippen LogP contribution in [-0.4, -0.2) is 55.7 Å². The van der Waals surface area contributed by atoms with E-state index in [4.69, 9.17) is 32.7 Å². The maximum absolute atomic E-state index is 12.4. The molecule has 1 unspecified atom stereocenters. The number of nitrogens with one attached hydrogen (secondary N) is 2. The molecule has 2 N–H and O–H groups in total. The molecular formula is C21H23Cl2N3O4. The van der Waals surface area contributed by atoms with Crippen molar-refractivity contribution in [2.75, 3.05) is 43.5 Å². The second kappa shape index (κ2) is 10.6. The van der Waals surface area contributed by atoms with Crippen LogP contribution in [0.5, 0.6) is 5.75 Å². The first-order valence-corrected chi connectivity index (χ1v) is 10.3. The molecule has 0 aromatic heterocycles. The van der Waals surface area contributed by atoms with E-state index in [1.807, 2.05) is 4.90 Å². The molecule has 160 valence electrons. The third-order valence-corrected chi connectivity index (χ3v) is 5.22. The van der Waals surface area contributed by atoms with Gasteiger partial charge in [-0.25, -0.2) is 0 Å². The van der Waals surface area contributed by atoms with E-state index in [0.717, 1.165) is 13.1 Å². The smallest absolute Gasteiger partial charge is 0.265 e. The molecule has 9 heteroatoms.